The molecule has 0 saturated carbocycles. The van der Waals surface area contributed by atoms with Gasteiger partial charge in [0.25, 0.3) is 5.91 Å². The standard InChI is InChI=1S/C16H28N4O5/c1-5-6-9-24-20-11-7-8-12(19(10-11)15(20)23)13(21)17-18-14(22)25-16(2,3)4/h11-12H,5-10H2,1-4H3,(H,17,21)(H,18,22)/t11-,12-/m0/s1. The summed E-state index contributed by atoms with van der Waals surface area (Å²) in [5, 5.41) is 1.39. The molecule has 2 heterocycles. The van der Waals surface area contributed by atoms with Crippen molar-refractivity contribution in [3.8, 4) is 0 Å². The Bertz CT molecular complexity index is 519. The molecule has 0 radical (unpaired) electrons. The van der Waals surface area contributed by atoms with Gasteiger partial charge in [-0.15, -0.1) is 0 Å². The maximum absolute atomic E-state index is 12.5. The van der Waals surface area contributed by atoms with E-state index in [0.717, 1.165) is 12.8 Å². The van der Waals surface area contributed by atoms with Crippen LogP contribution < -0.4 is 10.9 Å². The summed E-state index contributed by atoms with van der Waals surface area (Å²) in [5.41, 5.74) is 3.89. The Hall–Kier alpha value is -2.03. The first-order valence-electron chi connectivity index (χ1n) is 8.74. The maximum Gasteiger partial charge on any atom is 0.426 e. The van der Waals surface area contributed by atoms with E-state index in [2.05, 4.69) is 17.8 Å². The number of hydrogen-bond donors (Lipinski definition) is 2. The number of rotatable bonds is 5. The van der Waals surface area contributed by atoms with Crippen LogP contribution in [0, 0.1) is 0 Å². The maximum atomic E-state index is 12.5. The molecular formula is C16H28N4O5. The molecule has 2 bridgehead atoms. The van der Waals surface area contributed by atoms with E-state index >= 15 is 0 Å². The molecule has 2 aliphatic rings. The number of carbonyl (C=O) groups is 3. The second kappa shape index (κ2) is 7.90. The largest absolute Gasteiger partial charge is 0.443 e. The first-order valence-corrected chi connectivity index (χ1v) is 8.74. The molecule has 0 aromatic rings. The molecule has 0 aromatic heterocycles. The van der Waals surface area contributed by atoms with Gasteiger partial charge in [0.1, 0.15) is 11.6 Å². The molecular weight excluding hydrogens is 328 g/mol. The number of nitrogens with one attached hydrogen (secondary N) is 2. The molecule has 2 aliphatic heterocycles. The lowest BCUT2D eigenvalue weighted by atomic mass is 10.0. The van der Waals surface area contributed by atoms with Gasteiger partial charge in [0.05, 0.1) is 12.6 Å². The number of ether oxygens (including phenoxy) is 1. The smallest absolute Gasteiger partial charge is 0.426 e. The van der Waals surface area contributed by atoms with Crippen molar-refractivity contribution in [3.63, 3.8) is 0 Å². The molecule has 2 atom stereocenters. The van der Waals surface area contributed by atoms with Crippen LogP contribution in [-0.4, -0.2) is 58.8 Å². The monoisotopic (exact) mass is 356 g/mol. The molecule has 0 aliphatic carbocycles. The third kappa shape index (κ3) is 4.97. The van der Waals surface area contributed by atoms with Gasteiger partial charge >= 0.3 is 12.1 Å². The fourth-order valence-electron chi connectivity index (χ4n) is 2.88. The number of nitrogens with zero attached hydrogens (tertiary/aromatic N) is 2. The van der Waals surface area contributed by atoms with Gasteiger partial charge < -0.3 is 9.64 Å². The fraction of sp³-hybridized carbons (Fsp3) is 0.812. The lowest BCUT2D eigenvalue weighted by Crippen LogP contribution is -2.54. The van der Waals surface area contributed by atoms with Crippen molar-refractivity contribution in [2.75, 3.05) is 13.2 Å². The summed E-state index contributed by atoms with van der Waals surface area (Å²) in [4.78, 5) is 43.5. The molecule has 9 heteroatoms. The van der Waals surface area contributed by atoms with Crippen molar-refractivity contribution in [3.05, 3.63) is 0 Å². The van der Waals surface area contributed by atoms with Crippen LogP contribution in [0.5, 0.6) is 0 Å². The molecule has 2 N–H and O–H groups in total. The predicted octanol–water partition coefficient (Wildman–Crippen LogP) is 1.54. The Morgan fingerprint density at radius 3 is 2.60 bits per heavy atom. The van der Waals surface area contributed by atoms with Crippen LogP contribution in [0.4, 0.5) is 9.59 Å². The lowest BCUT2D eigenvalue weighted by Gasteiger charge is -2.29. The van der Waals surface area contributed by atoms with Crippen LogP contribution in [0.25, 0.3) is 0 Å². The third-order valence-corrected chi connectivity index (χ3v) is 4.04. The summed E-state index contributed by atoms with van der Waals surface area (Å²) >= 11 is 0. The van der Waals surface area contributed by atoms with E-state index in [4.69, 9.17) is 9.57 Å². The predicted molar refractivity (Wildman–Crippen MR) is 89.1 cm³/mol. The van der Waals surface area contributed by atoms with Gasteiger partial charge in [-0.25, -0.2) is 15.0 Å². The fourth-order valence-corrected chi connectivity index (χ4v) is 2.88. The summed E-state index contributed by atoms with van der Waals surface area (Å²) in [6.07, 6.45) is 2.31. The van der Waals surface area contributed by atoms with Gasteiger partial charge in [-0.05, 0) is 40.0 Å². The van der Waals surface area contributed by atoms with E-state index in [1.54, 1.807) is 20.8 Å². The van der Waals surface area contributed by atoms with Crippen molar-refractivity contribution in [1.29, 1.82) is 0 Å². The molecule has 2 saturated heterocycles. The summed E-state index contributed by atoms with van der Waals surface area (Å²) in [6.45, 7) is 8.18. The zero-order valence-electron chi connectivity index (χ0n) is 15.3. The first kappa shape index (κ1) is 19.3. The molecule has 0 spiro atoms. The van der Waals surface area contributed by atoms with Crippen molar-refractivity contribution in [2.45, 2.75) is 71.1 Å². The average molecular weight is 356 g/mol. The van der Waals surface area contributed by atoms with E-state index in [0.29, 0.717) is 26.0 Å². The number of carbonyl (C=O) groups excluding carboxylic acids is 3. The highest BCUT2D eigenvalue weighted by molar-refractivity contribution is 5.89. The summed E-state index contributed by atoms with van der Waals surface area (Å²) in [5.74, 6) is -0.437. The zero-order valence-corrected chi connectivity index (χ0v) is 15.3. The van der Waals surface area contributed by atoms with Gasteiger partial charge in [-0.1, -0.05) is 13.3 Å². The lowest BCUT2D eigenvalue weighted by molar-refractivity contribution is -0.131. The third-order valence-electron chi connectivity index (χ3n) is 4.04. The molecule has 9 nitrogen and oxygen atoms in total. The minimum Gasteiger partial charge on any atom is -0.443 e. The van der Waals surface area contributed by atoms with Crippen LogP contribution in [0.15, 0.2) is 0 Å². The normalized spacial score (nSPS) is 22.8. The Labute approximate surface area is 147 Å². The highest BCUT2D eigenvalue weighted by Gasteiger charge is 2.47. The van der Waals surface area contributed by atoms with Gasteiger partial charge in [-0.3, -0.25) is 15.1 Å². The molecule has 142 valence electrons. The SMILES string of the molecule is CCCCON1C(=O)N2C[C@@H]1CC[C@H]2C(=O)NNC(=O)OC(C)(C)C. The Kier molecular flexibility index (Phi) is 6.10. The second-order valence-corrected chi connectivity index (χ2v) is 7.31. The summed E-state index contributed by atoms with van der Waals surface area (Å²) < 4.78 is 5.06. The number of hydroxylamine groups is 2. The summed E-state index contributed by atoms with van der Waals surface area (Å²) in [7, 11) is 0. The van der Waals surface area contributed by atoms with Crippen LogP contribution in [0.2, 0.25) is 0 Å². The quantitative estimate of drug-likeness (QED) is 0.575. The topological polar surface area (TPSA) is 100 Å². The van der Waals surface area contributed by atoms with Gasteiger partial charge in [-0.2, -0.15) is 5.06 Å². The van der Waals surface area contributed by atoms with Crippen molar-refractivity contribution < 1.29 is 24.0 Å². The van der Waals surface area contributed by atoms with E-state index < -0.39 is 23.6 Å². The van der Waals surface area contributed by atoms with E-state index in [-0.39, 0.29) is 12.1 Å². The van der Waals surface area contributed by atoms with Crippen LogP contribution in [-0.2, 0) is 14.4 Å². The molecule has 2 rings (SSSR count). The van der Waals surface area contributed by atoms with Crippen LogP contribution >= 0.6 is 0 Å². The first-order chi connectivity index (χ1) is 11.7. The number of urea groups is 1. The Balaban J connectivity index is 1.86. The molecule has 0 aromatic carbocycles. The highest BCUT2D eigenvalue weighted by atomic mass is 16.7. The van der Waals surface area contributed by atoms with Gasteiger partial charge in [0, 0.05) is 6.54 Å². The molecule has 0 unspecified atom stereocenters. The van der Waals surface area contributed by atoms with Crippen molar-refractivity contribution in [1.82, 2.24) is 20.8 Å². The second-order valence-electron chi connectivity index (χ2n) is 7.31. The zero-order chi connectivity index (χ0) is 18.6. The van der Waals surface area contributed by atoms with Crippen molar-refractivity contribution >= 4 is 18.0 Å². The Morgan fingerprint density at radius 2 is 1.96 bits per heavy atom. The minimum atomic E-state index is -0.744. The molecule has 2 fully saturated rings. The Morgan fingerprint density at radius 1 is 1.24 bits per heavy atom. The number of hydrazine groups is 1. The molecule has 25 heavy (non-hydrogen) atoms. The number of unbranched alkanes of at least 4 members (excludes halogenated alkanes) is 1. The number of fused-ring (bicyclic) bond motifs is 2. The number of amides is 4. The molecule has 4 amide bonds. The van der Waals surface area contributed by atoms with Gasteiger partial charge in [0.2, 0.25) is 0 Å². The van der Waals surface area contributed by atoms with Crippen molar-refractivity contribution in [2.24, 2.45) is 0 Å². The number of hydrogen-bond acceptors (Lipinski definition) is 5. The minimum absolute atomic E-state index is 0.0211. The van der Waals surface area contributed by atoms with Crippen LogP contribution in [0.1, 0.15) is 53.4 Å². The van der Waals surface area contributed by atoms with Gasteiger partial charge in [0.15, 0.2) is 0 Å². The number of piperidine rings is 1. The summed E-state index contributed by atoms with van der Waals surface area (Å²) in [6, 6.07) is -0.943. The average Bonchev–Trinajstić information content (AvgIpc) is 2.76. The van der Waals surface area contributed by atoms with E-state index in [1.807, 2.05) is 0 Å². The van der Waals surface area contributed by atoms with Crippen LogP contribution in [0.3, 0.4) is 0 Å². The van der Waals surface area contributed by atoms with E-state index in [1.165, 1.54) is 9.96 Å². The van der Waals surface area contributed by atoms with E-state index in [9.17, 15) is 14.4 Å². The highest BCUT2D eigenvalue weighted by Crippen LogP contribution is 2.30.